The number of carboxylic acids is 2. The molecule has 0 spiro atoms. The predicted molar refractivity (Wildman–Crippen MR) is 38.1 cm³/mol. The molecule has 0 rings (SSSR count). The summed E-state index contributed by atoms with van der Waals surface area (Å²) in [5.74, 6) is -3.32. The van der Waals surface area contributed by atoms with Crippen molar-refractivity contribution in [1.82, 2.24) is 0 Å². The molecule has 0 amide bonds. The summed E-state index contributed by atoms with van der Waals surface area (Å²) in [6.07, 6.45) is -5.83. The molecule has 0 aliphatic heterocycles. The average Bonchev–Trinajstić information content (AvgIpc) is 2.04. The van der Waals surface area contributed by atoms with E-state index in [2.05, 4.69) is 4.74 Å². The highest BCUT2D eigenvalue weighted by Gasteiger charge is 2.36. The first-order valence-electron chi connectivity index (χ1n) is 3.26. The van der Waals surface area contributed by atoms with Gasteiger partial charge >= 0.3 is 11.9 Å². The lowest BCUT2D eigenvalue weighted by molar-refractivity contribution is -0.170. The van der Waals surface area contributed by atoms with Gasteiger partial charge < -0.3 is 25.2 Å². The van der Waals surface area contributed by atoms with Crippen molar-refractivity contribution in [2.24, 2.45) is 0 Å². The van der Waals surface area contributed by atoms with Crippen LogP contribution in [0, 0.1) is 0 Å². The number of aliphatic hydroxyl groups is 2. The lowest BCUT2D eigenvalue weighted by atomic mass is 10.1. The summed E-state index contributed by atoms with van der Waals surface area (Å²) >= 11 is 0. The lowest BCUT2D eigenvalue weighted by Crippen LogP contribution is -2.47. The smallest absolute Gasteiger partial charge is 0.335 e. The Morgan fingerprint density at radius 1 is 1.08 bits per heavy atom. The fraction of sp³-hybridized carbons (Fsp3) is 0.667. The highest BCUT2D eigenvalue weighted by Crippen LogP contribution is 2.05. The Bertz CT molecular complexity index is 181. The second kappa shape index (κ2) is 4.75. The molecule has 2 unspecified atom stereocenters. The summed E-state index contributed by atoms with van der Waals surface area (Å²) in [5.41, 5.74) is 0. The van der Waals surface area contributed by atoms with Crippen molar-refractivity contribution in [3.63, 3.8) is 0 Å². The van der Waals surface area contributed by atoms with Crippen LogP contribution in [0.15, 0.2) is 0 Å². The molecule has 0 aromatic carbocycles. The first-order chi connectivity index (χ1) is 5.91. The molecule has 4 N–H and O–H groups in total. The predicted octanol–water partition coefficient (Wildman–Crippen LogP) is -2.11. The van der Waals surface area contributed by atoms with Gasteiger partial charge in [0.2, 0.25) is 0 Å². The number of ether oxygens (including phenoxy) is 1. The van der Waals surface area contributed by atoms with E-state index in [0.29, 0.717) is 0 Å². The van der Waals surface area contributed by atoms with Crippen LogP contribution in [0.3, 0.4) is 0 Å². The maximum atomic E-state index is 10.2. The van der Waals surface area contributed by atoms with Crippen molar-refractivity contribution in [2.75, 3.05) is 7.11 Å². The molecule has 0 aromatic heterocycles. The fourth-order valence-corrected chi connectivity index (χ4v) is 0.712. The molecule has 0 heterocycles. The molecule has 7 heteroatoms. The molecular weight excluding hydrogens is 184 g/mol. The van der Waals surface area contributed by atoms with Gasteiger partial charge in [-0.15, -0.1) is 0 Å². The topological polar surface area (TPSA) is 124 Å². The molecule has 76 valence electrons. The first kappa shape index (κ1) is 11.8. The van der Waals surface area contributed by atoms with E-state index in [1.165, 1.54) is 0 Å². The number of aliphatic carboxylic acids is 2. The van der Waals surface area contributed by atoms with Gasteiger partial charge in [0, 0.05) is 7.11 Å². The quantitative estimate of drug-likeness (QED) is 0.394. The minimum Gasteiger partial charge on any atom is -0.479 e. The normalized spacial score (nSPS) is 17.5. The Morgan fingerprint density at radius 3 is 1.54 bits per heavy atom. The number of methoxy groups -OCH3 is 1. The number of carbonyl (C=O) groups is 2. The Hall–Kier alpha value is -1.18. The van der Waals surface area contributed by atoms with Gasteiger partial charge in [0.1, 0.15) is 6.10 Å². The van der Waals surface area contributed by atoms with Crippen LogP contribution in [0.1, 0.15) is 0 Å². The van der Waals surface area contributed by atoms with Crippen molar-refractivity contribution in [3.05, 3.63) is 0 Å². The number of aliphatic hydroxyl groups excluding tert-OH is 2. The summed E-state index contributed by atoms with van der Waals surface area (Å²) in [4.78, 5) is 20.4. The van der Waals surface area contributed by atoms with Gasteiger partial charge in [-0.3, -0.25) is 0 Å². The number of carboxylic acid groups (broad SMARTS) is 2. The molecule has 0 aliphatic rings. The molecule has 0 fully saturated rings. The van der Waals surface area contributed by atoms with Gasteiger partial charge in [-0.05, 0) is 0 Å². The average molecular weight is 194 g/mol. The molecule has 0 radical (unpaired) electrons. The second-order valence-corrected chi connectivity index (χ2v) is 2.27. The minimum absolute atomic E-state index is 0.989. The molecule has 13 heavy (non-hydrogen) atoms. The summed E-state index contributed by atoms with van der Waals surface area (Å²) in [7, 11) is 0.989. The van der Waals surface area contributed by atoms with Gasteiger partial charge in [-0.2, -0.15) is 0 Å². The standard InChI is InChI=1S/C6H10O7/c1-13-4(2(7)5(9)10)3(8)6(11)12/h2-4,7-8H,1H3,(H,9,10)(H,11,12). The minimum atomic E-state index is -2.07. The summed E-state index contributed by atoms with van der Waals surface area (Å²) in [6, 6.07) is 0. The molecule has 0 bridgehead atoms. The van der Waals surface area contributed by atoms with E-state index >= 15 is 0 Å². The van der Waals surface area contributed by atoms with E-state index in [4.69, 9.17) is 20.4 Å². The van der Waals surface area contributed by atoms with E-state index < -0.39 is 30.3 Å². The van der Waals surface area contributed by atoms with E-state index in [9.17, 15) is 9.59 Å². The fourth-order valence-electron chi connectivity index (χ4n) is 0.712. The van der Waals surface area contributed by atoms with Gasteiger partial charge in [0.25, 0.3) is 0 Å². The van der Waals surface area contributed by atoms with Gasteiger partial charge in [-0.1, -0.05) is 0 Å². The van der Waals surface area contributed by atoms with Crippen LogP contribution < -0.4 is 0 Å². The van der Waals surface area contributed by atoms with Gasteiger partial charge in [0.05, 0.1) is 0 Å². The highest BCUT2D eigenvalue weighted by atomic mass is 16.5. The Balaban J connectivity index is 4.49. The van der Waals surface area contributed by atoms with E-state index in [-0.39, 0.29) is 0 Å². The molecule has 0 aromatic rings. The van der Waals surface area contributed by atoms with Crippen LogP contribution in [0.5, 0.6) is 0 Å². The molecular formula is C6H10O7. The maximum Gasteiger partial charge on any atom is 0.335 e. The van der Waals surface area contributed by atoms with Crippen molar-refractivity contribution in [3.8, 4) is 0 Å². The third-order valence-corrected chi connectivity index (χ3v) is 1.40. The Labute approximate surface area is 73.2 Å². The van der Waals surface area contributed by atoms with Gasteiger partial charge in [-0.25, -0.2) is 9.59 Å². The largest absolute Gasteiger partial charge is 0.479 e. The number of hydrogen-bond donors (Lipinski definition) is 4. The second-order valence-electron chi connectivity index (χ2n) is 2.27. The van der Waals surface area contributed by atoms with Crippen molar-refractivity contribution < 1.29 is 34.8 Å². The molecule has 2 atom stereocenters. The molecule has 0 saturated carbocycles. The maximum absolute atomic E-state index is 10.2. The SMILES string of the molecule is COC(C(O)C(=O)O)C(O)C(=O)O. The third kappa shape index (κ3) is 2.98. The zero-order valence-electron chi connectivity index (χ0n) is 6.75. The van der Waals surface area contributed by atoms with E-state index in [1.54, 1.807) is 0 Å². The molecule has 0 saturated heterocycles. The van der Waals surface area contributed by atoms with E-state index in [1.807, 2.05) is 0 Å². The third-order valence-electron chi connectivity index (χ3n) is 1.40. The van der Waals surface area contributed by atoms with Crippen LogP contribution in [0.4, 0.5) is 0 Å². The number of rotatable bonds is 5. The monoisotopic (exact) mass is 194 g/mol. The zero-order valence-corrected chi connectivity index (χ0v) is 6.75. The van der Waals surface area contributed by atoms with Crippen molar-refractivity contribution in [2.45, 2.75) is 18.3 Å². The summed E-state index contributed by atoms with van der Waals surface area (Å²) < 4.78 is 4.33. The van der Waals surface area contributed by atoms with Crippen molar-refractivity contribution >= 4 is 11.9 Å². The number of hydrogen-bond acceptors (Lipinski definition) is 5. The van der Waals surface area contributed by atoms with Crippen molar-refractivity contribution in [1.29, 1.82) is 0 Å². The van der Waals surface area contributed by atoms with Crippen LogP contribution in [-0.2, 0) is 14.3 Å². The summed E-state index contributed by atoms with van der Waals surface area (Å²) in [6.45, 7) is 0. The van der Waals surface area contributed by atoms with Crippen LogP contribution in [0.2, 0.25) is 0 Å². The highest BCUT2D eigenvalue weighted by molar-refractivity contribution is 5.77. The summed E-state index contributed by atoms with van der Waals surface area (Å²) in [5, 5.41) is 34.3. The van der Waals surface area contributed by atoms with Crippen LogP contribution in [-0.4, -0.2) is 57.8 Å². The zero-order chi connectivity index (χ0) is 10.6. The van der Waals surface area contributed by atoms with Crippen LogP contribution >= 0.6 is 0 Å². The van der Waals surface area contributed by atoms with E-state index in [0.717, 1.165) is 7.11 Å². The Kier molecular flexibility index (Phi) is 4.32. The lowest BCUT2D eigenvalue weighted by Gasteiger charge is -2.20. The first-order valence-corrected chi connectivity index (χ1v) is 3.26. The van der Waals surface area contributed by atoms with Gasteiger partial charge in [0.15, 0.2) is 12.2 Å². The van der Waals surface area contributed by atoms with Crippen LogP contribution in [0.25, 0.3) is 0 Å². The molecule has 0 aliphatic carbocycles. The Morgan fingerprint density at radius 2 is 1.38 bits per heavy atom. The molecule has 7 nitrogen and oxygen atoms in total.